The second-order valence-electron chi connectivity index (χ2n) is 5.11. The predicted molar refractivity (Wildman–Crippen MR) is 80.2 cm³/mol. The van der Waals surface area contributed by atoms with E-state index in [1.807, 2.05) is 38.1 Å². The van der Waals surface area contributed by atoms with Crippen molar-refractivity contribution in [2.45, 2.75) is 20.3 Å². The Morgan fingerprint density at radius 1 is 1.00 bits per heavy atom. The van der Waals surface area contributed by atoms with E-state index >= 15 is 0 Å². The van der Waals surface area contributed by atoms with Crippen LogP contribution in [0.1, 0.15) is 27.4 Å². The van der Waals surface area contributed by atoms with Crippen LogP contribution in [0.25, 0.3) is 10.8 Å². The van der Waals surface area contributed by atoms with E-state index in [2.05, 4.69) is 24.3 Å². The monoisotopic (exact) mass is 264 g/mol. The van der Waals surface area contributed by atoms with E-state index in [9.17, 15) is 4.79 Å². The lowest BCUT2D eigenvalue weighted by Gasteiger charge is -2.03. The van der Waals surface area contributed by atoms with E-state index < -0.39 is 0 Å². The van der Waals surface area contributed by atoms with E-state index in [0.29, 0.717) is 17.7 Å². The van der Waals surface area contributed by atoms with Crippen molar-refractivity contribution < 1.29 is 9.21 Å². The lowest BCUT2D eigenvalue weighted by atomic mass is 10.0. The Bertz CT molecular complexity index is 781. The molecule has 3 rings (SSSR count). The first-order chi connectivity index (χ1) is 9.63. The maximum absolute atomic E-state index is 12.3. The Hall–Kier alpha value is -2.35. The highest BCUT2D eigenvalue weighted by Gasteiger charge is 2.14. The van der Waals surface area contributed by atoms with Crippen LogP contribution in [0.4, 0.5) is 0 Å². The molecule has 0 saturated heterocycles. The Labute approximate surface area is 118 Å². The summed E-state index contributed by atoms with van der Waals surface area (Å²) in [7, 11) is 0. The van der Waals surface area contributed by atoms with Gasteiger partial charge in [0.05, 0.1) is 5.56 Å². The SMILES string of the molecule is Cc1cc(C(=O)Cc2ccc3ccccc3c2)c(C)o1. The van der Waals surface area contributed by atoms with E-state index in [1.165, 1.54) is 5.39 Å². The van der Waals surface area contributed by atoms with Gasteiger partial charge in [0.15, 0.2) is 5.78 Å². The lowest BCUT2D eigenvalue weighted by molar-refractivity contribution is 0.0991. The molecule has 0 radical (unpaired) electrons. The van der Waals surface area contributed by atoms with Crippen molar-refractivity contribution in [3.05, 3.63) is 71.2 Å². The van der Waals surface area contributed by atoms with Gasteiger partial charge < -0.3 is 4.42 Å². The summed E-state index contributed by atoms with van der Waals surface area (Å²) in [6.07, 6.45) is 0.407. The van der Waals surface area contributed by atoms with Crippen LogP contribution >= 0.6 is 0 Å². The van der Waals surface area contributed by atoms with Crippen molar-refractivity contribution in [2.75, 3.05) is 0 Å². The van der Waals surface area contributed by atoms with Gasteiger partial charge in [-0.3, -0.25) is 4.79 Å². The van der Waals surface area contributed by atoms with Crippen LogP contribution in [0.2, 0.25) is 0 Å². The number of rotatable bonds is 3. The summed E-state index contributed by atoms with van der Waals surface area (Å²) in [6, 6.07) is 16.1. The highest BCUT2D eigenvalue weighted by Crippen LogP contribution is 2.19. The van der Waals surface area contributed by atoms with Crippen molar-refractivity contribution in [3.63, 3.8) is 0 Å². The van der Waals surface area contributed by atoms with Gasteiger partial charge >= 0.3 is 0 Å². The molecule has 0 aliphatic heterocycles. The summed E-state index contributed by atoms with van der Waals surface area (Å²) in [5.74, 6) is 1.59. The van der Waals surface area contributed by atoms with Crippen LogP contribution in [-0.4, -0.2) is 5.78 Å². The number of Topliss-reactive ketones (excluding diaryl/α,β-unsaturated/α-hetero) is 1. The molecule has 100 valence electrons. The number of carbonyl (C=O) groups excluding carboxylic acids is 1. The maximum Gasteiger partial charge on any atom is 0.170 e. The second-order valence-corrected chi connectivity index (χ2v) is 5.11. The van der Waals surface area contributed by atoms with Crippen LogP contribution in [0.3, 0.4) is 0 Å². The molecule has 20 heavy (non-hydrogen) atoms. The summed E-state index contributed by atoms with van der Waals surface area (Å²) in [4.78, 5) is 12.3. The van der Waals surface area contributed by atoms with Crippen LogP contribution < -0.4 is 0 Å². The minimum absolute atomic E-state index is 0.106. The summed E-state index contributed by atoms with van der Waals surface area (Å²) in [5.41, 5.74) is 1.72. The zero-order valence-electron chi connectivity index (χ0n) is 11.6. The number of ketones is 1. The molecule has 0 atom stereocenters. The smallest absolute Gasteiger partial charge is 0.170 e. The quantitative estimate of drug-likeness (QED) is 0.653. The predicted octanol–water partition coefficient (Wildman–Crippen LogP) is 4.48. The molecule has 1 aromatic heterocycles. The minimum atomic E-state index is 0.106. The van der Waals surface area contributed by atoms with Gasteiger partial charge in [-0.2, -0.15) is 0 Å². The Balaban J connectivity index is 1.89. The third-order valence-electron chi connectivity index (χ3n) is 3.52. The largest absolute Gasteiger partial charge is 0.466 e. The van der Waals surface area contributed by atoms with Gasteiger partial charge in [0.25, 0.3) is 0 Å². The van der Waals surface area contributed by atoms with Gasteiger partial charge in [0.1, 0.15) is 11.5 Å². The van der Waals surface area contributed by atoms with E-state index in [1.54, 1.807) is 0 Å². The molecule has 0 saturated carbocycles. The number of benzene rings is 2. The van der Waals surface area contributed by atoms with Gasteiger partial charge in [-0.1, -0.05) is 42.5 Å². The molecule has 2 nitrogen and oxygen atoms in total. The van der Waals surface area contributed by atoms with Crippen molar-refractivity contribution in [2.24, 2.45) is 0 Å². The normalized spacial score (nSPS) is 10.9. The van der Waals surface area contributed by atoms with Crippen LogP contribution in [0, 0.1) is 13.8 Å². The highest BCUT2D eigenvalue weighted by atomic mass is 16.3. The molecule has 0 bridgehead atoms. The third kappa shape index (κ3) is 2.37. The van der Waals surface area contributed by atoms with E-state index in [4.69, 9.17) is 4.42 Å². The molecule has 0 fully saturated rings. The van der Waals surface area contributed by atoms with Crippen molar-refractivity contribution in [1.29, 1.82) is 0 Å². The molecule has 1 heterocycles. The maximum atomic E-state index is 12.3. The molecule has 3 aromatic rings. The molecular formula is C18H16O2. The fraction of sp³-hybridized carbons (Fsp3) is 0.167. The number of aryl methyl sites for hydroxylation is 2. The number of hydrogen-bond donors (Lipinski definition) is 0. The Kier molecular flexibility index (Phi) is 3.15. The Morgan fingerprint density at radius 2 is 1.75 bits per heavy atom. The fourth-order valence-electron chi connectivity index (χ4n) is 2.54. The van der Waals surface area contributed by atoms with E-state index in [0.717, 1.165) is 16.7 Å². The molecule has 0 amide bonds. The average Bonchev–Trinajstić information content (AvgIpc) is 2.78. The topological polar surface area (TPSA) is 30.2 Å². The standard InChI is InChI=1S/C18H16O2/c1-12-9-17(13(2)20-12)18(19)11-14-7-8-15-5-3-4-6-16(15)10-14/h3-10H,11H2,1-2H3. The van der Waals surface area contributed by atoms with Gasteiger partial charge in [-0.25, -0.2) is 0 Å². The van der Waals surface area contributed by atoms with Crippen LogP contribution in [0.5, 0.6) is 0 Å². The second kappa shape index (κ2) is 4.97. The molecule has 0 N–H and O–H groups in total. The number of furan rings is 1. The van der Waals surface area contributed by atoms with Gasteiger partial charge in [0.2, 0.25) is 0 Å². The number of fused-ring (bicyclic) bond motifs is 1. The van der Waals surface area contributed by atoms with Gasteiger partial charge in [-0.05, 0) is 36.2 Å². The molecule has 0 aliphatic carbocycles. The molecule has 0 spiro atoms. The number of carbonyl (C=O) groups is 1. The summed E-state index contributed by atoms with van der Waals surface area (Å²) < 4.78 is 5.42. The molecule has 0 unspecified atom stereocenters. The first-order valence-electron chi connectivity index (χ1n) is 6.71. The minimum Gasteiger partial charge on any atom is -0.466 e. The highest BCUT2D eigenvalue weighted by molar-refractivity contribution is 5.99. The molecular weight excluding hydrogens is 248 g/mol. The summed E-state index contributed by atoms with van der Waals surface area (Å²) >= 11 is 0. The molecule has 0 aliphatic rings. The fourth-order valence-corrected chi connectivity index (χ4v) is 2.54. The van der Waals surface area contributed by atoms with Gasteiger partial charge in [-0.15, -0.1) is 0 Å². The van der Waals surface area contributed by atoms with Crippen molar-refractivity contribution in [1.82, 2.24) is 0 Å². The van der Waals surface area contributed by atoms with E-state index in [-0.39, 0.29) is 5.78 Å². The van der Waals surface area contributed by atoms with Crippen molar-refractivity contribution in [3.8, 4) is 0 Å². The molecule has 2 aromatic carbocycles. The number of hydrogen-bond acceptors (Lipinski definition) is 2. The van der Waals surface area contributed by atoms with Gasteiger partial charge in [0, 0.05) is 6.42 Å². The van der Waals surface area contributed by atoms with Crippen molar-refractivity contribution >= 4 is 16.6 Å². The molecule has 2 heteroatoms. The van der Waals surface area contributed by atoms with Crippen LogP contribution in [0.15, 0.2) is 52.9 Å². The lowest BCUT2D eigenvalue weighted by Crippen LogP contribution is -2.03. The third-order valence-corrected chi connectivity index (χ3v) is 3.52. The Morgan fingerprint density at radius 3 is 2.45 bits per heavy atom. The average molecular weight is 264 g/mol. The first kappa shape index (κ1) is 12.7. The summed E-state index contributed by atoms with van der Waals surface area (Å²) in [6.45, 7) is 3.69. The van der Waals surface area contributed by atoms with Crippen LogP contribution in [-0.2, 0) is 6.42 Å². The summed E-state index contributed by atoms with van der Waals surface area (Å²) in [5, 5.41) is 2.36. The zero-order valence-corrected chi connectivity index (χ0v) is 11.6. The zero-order chi connectivity index (χ0) is 14.1. The first-order valence-corrected chi connectivity index (χ1v) is 6.71.